The van der Waals surface area contributed by atoms with Crippen LogP contribution in [0.2, 0.25) is 0 Å². The monoisotopic (exact) mass is 160 g/mol. The highest BCUT2D eigenvalue weighted by atomic mass is 15.4. The van der Waals surface area contributed by atoms with E-state index in [-0.39, 0.29) is 0 Å². The molecule has 2 heterocycles. The van der Waals surface area contributed by atoms with Gasteiger partial charge in [-0.25, -0.2) is 4.68 Å². The summed E-state index contributed by atoms with van der Waals surface area (Å²) in [5, 5.41) is 7.54. The highest BCUT2D eigenvalue weighted by Crippen LogP contribution is 1.95. The van der Waals surface area contributed by atoms with Crippen molar-refractivity contribution in [2.24, 2.45) is 0 Å². The molecule has 0 saturated heterocycles. The molecule has 0 fully saturated rings. The smallest absolute Gasteiger partial charge is 0.0848 e. The number of hydrogen-bond donors (Lipinski definition) is 0. The van der Waals surface area contributed by atoms with E-state index >= 15 is 0 Å². The summed E-state index contributed by atoms with van der Waals surface area (Å²) in [4.78, 5) is 4.16. The lowest BCUT2D eigenvalue weighted by molar-refractivity contribution is 0.638. The third-order valence-electron chi connectivity index (χ3n) is 1.52. The van der Waals surface area contributed by atoms with E-state index in [0.29, 0.717) is 6.54 Å². The van der Waals surface area contributed by atoms with Gasteiger partial charge in [0.05, 0.1) is 18.4 Å². The van der Waals surface area contributed by atoms with Gasteiger partial charge in [-0.15, -0.1) is 5.10 Å². The molecule has 0 amide bonds. The summed E-state index contributed by atoms with van der Waals surface area (Å²) in [5.41, 5.74) is 0.989. The van der Waals surface area contributed by atoms with E-state index in [0.717, 1.165) is 5.69 Å². The third-order valence-corrected chi connectivity index (χ3v) is 1.52. The number of aromatic nitrogens is 4. The average Bonchev–Trinajstić information content (AvgIpc) is 2.59. The number of pyridine rings is 1. The van der Waals surface area contributed by atoms with E-state index in [1.54, 1.807) is 17.1 Å². The molecule has 0 aliphatic carbocycles. The van der Waals surface area contributed by atoms with Crippen molar-refractivity contribution >= 4 is 0 Å². The van der Waals surface area contributed by atoms with Crippen LogP contribution >= 0.6 is 0 Å². The molecule has 0 saturated carbocycles. The average molecular weight is 160 g/mol. The van der Waals surface area contributed by atoms with Crippen LogP contribution in [-0.2, 0) is 6.54 Å². The predicted molar refractivity (Wildman–Crippen MR) is 43.4 cm³/mol. The van der Waals surface area contributed by atoms with Crippen molar-refractivity contribution in [3.8, 4) is 0 Å². The van der Waals surface area contributed by atoms with Gasteiger partial charge in [-0.2, -0.15) is 0 Å². The molecule has 0 atom stereocenters. The topological polar surface area (TPSA) is 43.6 Å². The number of rotatable bonds is 2. The Morgan fingerprint density at radius 1 is 1.25 bits per heavy atom. The molecule has 0 N–H and O–H groups in total. The second-order valence-electron chi connectivity index (χ2n) is 2.42. The maximum atomic E-state index is 4.16. The van der Waals surface area contributed by atoms with Gasteiger partial charge in [0.2, 0.25) is 0 Å². The van der Waals surface area contributed by atoms with E-state index in [1.807, 2.05) is 24.4 Å². The van der Waals surface area contributed by atoms with Crippen molar-refractivity contribution < 1.29 is 0 Å². The van der Waals surface area contributed by atoms with Crippen LogP contribution in [0.15, 0.2) is 36.8 Å². The second kappa shape index (κ2) is 3.13. The molecule has 0 aliphatic heterocycles. The minimum atomic E-state index is 0.681. The fourth-order valence-corrected chi connectivity index (χ4v) is 0.975. The molecule has 4 heteroatoms. The zero-order valence-corrected chi connectivity index (χ0v) is 6.46. The van der Waals surface area contributed by atoms with Crippen LogP contribution in [0.25, 0.3) is 0 Å². The van der Waals surface area contributed by atoms with E-state index in [9.17, 15) is 0 Å². The van der Waals surface area contributed by atoms with Crippen LogP contribution in [0.5, 0.6) is 0 Å². The Hall–Kier alpha value is -1.71. The maximum Gasteiger partial charge on any atom is 0.0848 e. The zero-order chi connectivity index (χ0) is 8.23. The Labute approximate surface area is 69.9 Å². The molecule has 0 spiro atoms. The van der Waals surface area contributed by atoms with Gasteiger partial charge in [0.15, 0.2) is 0 Å². The first-order valence-corrected chi connectivity index (χ1v) is 3.69. The van der Waals surface area contributed by atoms with E-state index < -0.39 is 0 Å². The molecular weight excluding hydrogens is 152 g/mol. The normalized spacial score (nSPS) is 10.0. The molecular formula is C8H8N4. The Morgan fingerprint density at radius 2 is 2.25 bits per heavy atom. The molecule has 0 unspecified atom stereocenters. The SMILES string of the molecule is c1ccc(Cn2ccnn2)nc1. The molecule has 12 heavy (non-hydrogen) atoms. The van der Waals surface area contributed by atoms with Gasteiger partial charge < -0.3 is 0 Å². The Balaban J connectivity index is 2.15. The van der Waals surface area contributed by atoms with Gasteiger partial charge in [0, 0.05) is 12.4 Å². The lowest BCUT2D eigenvalue weighted by atomic mass is 10.3. The van der Waals surface area contributed by atoms with Gasteiger partial charge in [-0.05, 0) is 12.1 Å². The molecule has 4 nitrogen and oxygen atoms in total. The van der Waals surface area contributed by atoms with Crippen molar-refractivity contribution in [3.63, 3.8) is 0 Å². The summed E-state index contributed by atoms with van der Waals surface area (Å²) in [5.74, 6) is 0. The van der Waals surface area contributed by atoms with Gasteiger partial charge in [0.25, 0.3) is 0 Å². The molecule has 2 rings (SSSR count). The zero-order valence-electron chi connectivity index (χ0n) is 6.46. The van der Waals surface area contributed by atoms with Crippen LogP contribution in [0.3, 0.4) is 0 Å². The summed E-state index contributed by atoms with van der Waals surface area (Å²) < 4.78 is 1.74. The van der Waals surface area contributed by atoms with Gasteiger partial charge >= 0.3 is 0 Å². The second-order valence-corrected chi connectivity index (χ2v) is 2.42. The molecule has 0 bridgehead atoms. The Kier molecular flexibility index (Phi) is 1.82. The highest BCUT2D eigenvalue weighted by Gasteiger charge is 1.93. The summed E-state index contributed by atoms with van der Waals surface area (Å²) in [6.07, 6.45) is 5.24. The molecule has 0 radical (unpaired) electrons. The van der Waals surface area contributed by atoms with Crippen LogP contribution in [0, 0.1) is 0 Å². The van der Waals surface area contributed by atoms with Crippen LogP contribution < -0.4 is 0 Å². The Bertz CT molecular complexity index is 327. The van der Waals surface area contributed by atoms with Crippen molar-refractivity contribution in [2.45, 2.75) is 6.54 Å². The molecule has 0 aliphatic rings. The quantitative estimate of drug-likeness (QED) is 0.650. The molecule has 0 aromatic carbocycles. The third kappa shape index (κ3) is 1.47. The largest absolute Gasteiger partial charge is 0.259 e. The lowest BCUT2D eigenvalue weighted by Crippen LogP contribution is -2.01. The number of hydrogen-bond acceptors (Lipinski definition) is 3. The first-order valence-electron chi connectivity index (χ1n) is 3.69. The fraction of sp³-hybridized carbons (Fsp3) is 0.125. The summed E-state index contributed by atoms with van der Waals surface area (Å²) in [7, 11) is 0. The van der Waals surface area contributed by atoms with Crippen molar-refractivity contribution in [2.75, 3.05) is 0 Å². The van der Waals surface area contributed by atoms with Crippen molar-refractivity contribution in [1.82, 2.24) is 20.0 Å². The molecule has 60 valence electrons. The van der Waals surface area contributed by atoms with Crippen molar-refractivity contribution in [1.29, 1.82) is 0 Å². The Morgan fingerprint density at radius 3 is 2.92 bits per heavy atom. The van der Waals surface area contributed by atoms with Crippen molar-refractivity contribution in [3.05, 3.63) is 42.5 Å². The fourth-order valence-electron chi connectivity index (χ4n) is 0.975. The first-order chi connectivity index (χ1) is 5.95. The van der Waals surface area contributed by atoms with E-state index in [4.69, 9.17) is 0 Å². The van der Waals surface area contributed by atoms with Gasteiger partial charge in [-0.3, -0.25) is 4.98 Å². The van der Waals surface area contributed by atoms with Gasteiger partial charge in [0.1, 0.15) is 0 Å². The standard InChI is InChI=1S/C8H8N4/c1-2-4-9-8(3-1)7-12-6-5-10-11-12/h1-6H,7H2. The van der Waals surface area contributed by atoms with Crippen LogP contribution in [-0.4, -0.2) is 20.0 Å². The lowest BCUT2D eigenvalue weighted by Gasteiger charge is -1.97. The highest BCUT2D eigenvalue weighted by molar-refractivity contribution is 5.03. The van der Waals surface area contributed by atoms with E-state index in [1.165, 1.54) is 0 Å². The van der Waals surface area contributed by atoms with Crippen LogP contribution in [0.4, 0.5) is 0 Å². The van der Waals surface area contributed by atoms with Gasteiger partial charge in [-0.1, -0.05) is 11.3 Å². The summed E-state index contributed by atoms with van der Waals surface area (Å²) in [6.45, 7) is 0.681. The molecule has 2 aromatic heterocycles. The van der Waals surface area contributed by atoms with E-state index in [2.05, 4.69) is 15.3 Å². The predicted octanol–water partition coefficient (Wildman–Crippen LogP) is 0.721. The summed E-state index contributed by atoms with van der Waals surface area (Å²) in [6, 6.07) is 5.81. The van der Waals surface area contributed by atoms with Crippen LogP contribution in [0.1, 0.15) is 5.69 Å². The first kappa shape index (κ1) is 6.97. The number of nitrogens with zero attached hydrogens (tertiary/aromatic N) is 4. The minimum Gasteiger partial charge on any atom is -0.259 e. The minimum absolute atomic E-state index is 0.681. The summed E-state index contributed by atoms with van der Waals surface area (Å²) >= 11 is 0. The molecule has 2 aromatic rings. The maximum absolute atomic E-state index is 4.16.